The third kappa shape index (κ3) is 2.22. The van der Waals surface area contributed by atoms with Crippen LogP contribution in [0.2, 0.25) is 0 Å². The number of esters is 1. The normalized spacial score (nSPS) is 23.5. The van der Waals surface area contributed by atoms with Crippen LogP contribution in [0.5, 0.6) is 0 Å². The van der Waals surface area contributed by atoms with E-state index in [0.29, 0.717) is 33.4 Å². The second-order valence-corrected chi connectivity index (χ2v) is 6.47. The lowest BCUT2D eigenvalue weighted by molar-refractivity contribution is -0.136. The molecule has 0 saturated heterocycles. The maximum Gasteiger partial charge on any atom is 0.337 e. The lowest BCUT2D eigenvalue weighted by atomic mass is 9.78. The molecular weight excluding hydrogens is 367 g/mol. The number of carbonyl (C=O) groups is 2. The van der Waals surface area contributed by atoms with Crippen LogP contribution in [0.1, 0.15) is 11.5 Å². The second kappa shape index (κ2) is 5.28. The van der Waals surface area contributed by atoms with Crippen molar-refractivity contribution in [3.8, 4) is 0 Å². The Balaban J connectivity index is 1.91. The predicted molar refractivity (Wildman–Crippen MR) is 82.9 cm³/mol. The summed E-state index contributed by atoms with van der Waals surface area (Å²) in [7, 11) is 0. The van der Waals surface area contributed by atoms with Crippen molar-refractivity contribution in [3.63, 3.8) is 0 Å². The molecule has 3 heterocycles. The molecule has 0 amide bonds. The SMILES string of the molecule is O=C1CNCC2=C1[C@@H](c1ccc(F)c(Br)c1)C1=C(COC1=O)N2. The Kier molecular flexibility index (Phi) is 3.35. The number of halogens is 2. The van der Waals surface area contributed by atoms with Gasteiger partial charge in [-0.3, -0.25) is 4.79 Å². The summed E-state index contributed by atoms with van der Waals surface area (Å²) in [5, 5.41) is 6.18. The van der Waals surface area contributed by atoms with Crippen LogP contribution in [0.25, 0.3) is 0 Å². The molecule has 0 aliphatic carbocycles. The number of carbonyl (C=O) groups excluding carboxylic acids is 2. The van der Waals surface area contributed by atoms with E-state index in [4.69, 9.17) is 4.74 Å². The molecule has 0 radical (unpaired) electrons. The highest BCUT2D eigenvalue weighted by Gasteiger charge is 2.42. The standard InChI is InChI=1S/C16H12BrFN2O3/c17-8-3-7(1-2-9(8)18)13-14-10(4-19-5-12(14)21)20-11-6-23-16(22)15(11)13/h1-3,13,19-20H,4-6H2/t13-/m1/s1. The summed E-state index contributed by atoms with van der Waals surface area (Å²) < 4.78 is 19.0. The molecule has 0 spiro atoms. The van der Waals surface area contributed by atoms with Crippen molar-refractivity contribution in [1.82, 2.24) is 10.6 Å². The maximum atomic E-state index is 13.6. The van der Waals surface area contributed by atoms with Crippen LogP contribution in [-0.2, 0) is 14.3 Å². The number of nitrogens with one attached hydrogen (secondary N) is 2. The Morgan fingerprint density at radius 1 is 1.17 bits per heavy atom. The van der Waals surface area contributed by atoms with Crippen LogP contribution in [0.15, 0.2) is 45.2 Å². The van der Waals surface area contributed by atoms with E-state index in [-0.39, 0.29) is 18.9 Å². The van der Waals surface area contributed by atoms with Crippen molar-refractivity contribution in [2.45, 2.75) is 5.92 Å². The molecular formula is C16H12BrFN2O3. The van der Waals surface area contributed by atoms with Gasteiger partial charge in [0.15, 0.2) is 5.78 Å². The number of hydrogen-bond donors (Lipinski definition) is 2. The zero-order chi connectivity index (χ0) is 16.1. The highest BCUT2D eigenvalue weighted by molar-refractivity contribution is 9.10. The topological polar surface area (TPSA) is 67.4 Å². The van der Waals surface area contributed by atoms with E-state index in [1.165, 1.54) is 6.07 Å². The van der Waals surface area contributed by atoms with E-state index in [1.807, 2.05) is 0 Å². The van der Waals surface area contributed by atoms with Gasteiger partial charge in [0, 0.05) is 23.7 Å². The molecule has 0 fully saturated rings. The first-order valence-corrected chi connectivity index (χ1v) is 7.94. The largest absolute Gasteiger partial charge is 0.456 e. The van der Waals surface area contributed by atoms with Crippen molar-refractivity contribution in [2.24, 2.45) is 0 Å². The van der Waals surface area contributed by atoms with Crippen molar-refractivity contribution < 1.29 is 18.7 Å². The molecule has 1 atom stereocenters. The Morgan fingerprint density at radius 2 is 2.00 bits per heavy atom. The minimum absolute atomic E-state index is 0.0737. The summed E-state index contributed by atoms with van der Waals surface area (Å²) in [5.41, 5.74) is 3.12. The molecule has 0 unspecified atom stereocenters. The maximum absolute atomic E-state index is 13.6. The number of hydrogen-bond acceptors (Lipinski definition) is 5. The van der Waals surface area contributed by atoms with Crippen LogP contribution in [0.4, 0.5) is 4.39 Å². The van der Waals surface area contributed by atoms with E-state index >= 15 is 0 Å². The first-order valence-electron chi connectivity index (χ1n) is 7.15. The summed E-state index contributed by atoms with van der Waals surface area (Å²) in [5.74, 6) is -1.43. The average Bonchev–Trinajstić information content (AvgIpc) is 2.90. The number of benzene rings is 1. The van der Waals surface area contributed by atoms with Gasteiger partial charge in [-0.2, -0.15) is 0 Å². The molecule has 23 heavy (non-hydrogen) atoms. The van der Waals surface area contributed by atoms with Gasteiger partial charge in [-0.05, 0) is 33.6 Å². The van der Waals surface area contributed by atoms with E-state index in [0.717, 1.165) is 5.70 Å². The van der Waals surface area contributed by atoms with Gasteiger partial charge < -0.3 is 15.4 Å². The number of ketones is 1. The highest BCUT2D eigenvalue weighted by Crippen LogP contribution is 2.42. The van der Waals surface area contributed by atoms with Crippen LogP contribution >= 0.6 is 15.9 Å². The van der Waals surface area contributed by atoms with Gasteiger partial charge in [0.1, 0.15) is 12.4 Å². The number of rotatable bonds is 1. The van der Waals surface area contributed by atoms with Gasteiger partial charge >= 0.3 is 5.97 Å². The summed E-state index contributed by atoms with van der Waals surface area (Å²) in [6.07, 6.45) is 0. The molecule has 0 aromatic heterocycles. The van der Waals surface area contributed by atoms with Gasteiger partial charge in [0.2, 0.25) is 0 Å². The zero-order valence-corrected chi connectivity index (χ0v) is 13.5. The molecule has 5 nitrogen and oxygen atoms in total. The van der Waals surface area contributed by atoms with Crippen LogP contribution in [-0.4, -0.2) is 31.4 Å². The predicted octanol–water partition coefficient (Wildman–Crippen LogP) is 1.51. The second-order valence-electron chi connectivity index (χ2n) is 5.62. The quantitative estimate of drug-likeness (QED) is 0.725. The minimum Gasteiger partial charge on any atom is -0.456 e. The van der Waals surface area contributed by atoms with Gasteiger partial charge in [-0.25, -0.2) is 9.18 Å². The molecule has 118 valence electrons. The Hall–Kier alpha value is -1.99. The first-order chi connectivity index (χ1) is 11.1. The molecule has 3 aliphatic heterocycles. The molecule has 0 saturated carbocycles. The fourth-order valence-corrected chi connectivity index (χ4v) is 3.67. The van der Waals surface area contributed by atoms with Crippen LogP contribution < -0.4 is 10.6 Å². The average molecular weight is 379 g/mol. The number of Topliss-reactive ketones (excluding diaryl/α,β-unsaturated/α-hetero) is 1. The number of ether oxygens (including phenoxy) is 1. The third-order valence-corrected chi connectivity index (χ3v) is 4.87. The molecule has 1 aromatic carbocycles. The summed E-state index contributed by atoms with van der Waals surface area (Å²) in [6.45, 7) is 0.903. The van der Waals surface area contributed by atoms with Crippen molar-refractivity contribution in [2.75, 3.05) is 19.7 Å². The summed E-state index contributed by atoms with van der Waals surface area (Å²) >= 11 is 3.17. The Morgan fingerprint density at radius 3 is 2.78 bits per heavy atom. The molecule has 4 rings (SSSR count). The molecule has 0 bridgehead atoms. The van der Waals surface area contributed by atoms with Crippen molar-refractivity contribution in [3.05, 3.63) is 56.6 Å². The monoisotopic (exact) mass is 378 g/mol. The highest BCUT2D eigenvalue weighted by atomic mass is 79.9. The van der Waals surface area contributed by atoms with E-state index in [9.17, 15) is 14.0 Å². The third-order valence-electron chi connectivity index (χ3n) is 4.26. The van der Waals surface area contributed by atoms with Crippen molar-refractivity contribution in [1.29, 1.82) is 0 Å². The smallest absolute Gasteiger partial charge is 0.337 e. The minimum atomic E-state index is -0.525. The van der Waals surface area contributed by atoms with Gasteiger partial charge in [0.25, 0.3) is 0 Å². The molecule has 2 N–H and O–H groups in total. The van der Waals surface area contributed by atoms with E-state index in [1.54, 1.807) is 12.1 Å². The lowest BCUT2D eigenvalue weighted by Crippen LogP contribution is -2.42. The van der Waals surface area contributed by atoms with E-state index < -0.39 is 17.7 Å². The van der Waals surface area contributed by atoms with Crippen molar-refractivity contribution >= 4 is 27.7 Å². The van der Waals surface area contributed by atoms with Crippen LogP contribution in [0, 0.1) is 5.82 Å². The van der Waals surface area contributed by atoms with Gasteiger partial charge in [0.05, 0.1) is 22.3 Å². The fourth-order valence-electron chi connectivity index (χ4n) is 3.27. The summed E-state index contributed by atoms with van der Waals surface area (Å²) in [4.78, 5) is 24.6. The zero-order valence-electron chi connectivity index (χ0n) is 11.9. The van der Waals surface area contributed by atoms with Crippen LogP contribution in [0.3, 0.4) is 0 Å². The fraction of sp³-hybridized carbons (Fsp3) is 0.250. The van der Waals surface area contributed by atoms with Gasteiger partial charge in [-0.15, -0.1) is 0 Å². The van der Waals surface area contributed by atoms with Gasteiger partial charge in [-0.1, -0.05) is 6.07 Å². The summed E-state index contributed by atoms with van der Waals surface area (Å²) in [6, 6.07) is 4.54. The Labute approximate surface area is 139 Å². The Bertz CT molecular complexity index is 816. The molecule has 7 heteroatoms. The molecule has 3 aliphatic rings. The van der Waals surface area contributed by atoms with E-state index in [2.05, 4.69) is 26.6 Å². The lowest BCUT2D eigenvalue weighted by Gasteiger charge is -2.32. The first kappa shape index (κ1) is 14.6. The number of cyclic esters (lactones) is 1. The number of dihydropyridines is 1. The molecule has 1 aromatic rings.